The summed E-state index contributed by atoms with van der Waals surface area (Å²) < 4.78 is 18.4. The Kier molecular flexibility index (Phi) is 8.51. The Morgan fingerprint density at radius 3 is 2.53 bits per heavy atom. The third-order valence-electron chi connectivity index (χ3n) is 6.75. The average molecular weight is 425 g/mol. The number of hydrogen-bond acceptors (Lipinski definition) is 5. The van der Waals surface area contributed by atoms with Crippen molar-refractivity contribution >= 4 is 11.9 Å². The van der Waals surface area contributed by atoms with Gasteiger partial charge < -0.3 is 19.3 Å². The van der Waals surface area contributed by atoms with E-state index >= 15 is 0 Å². The first-order valence-corrected chi connectivity index (χ1v) is 11.4. The van der Waals surface area contributed by atoms with Gasteiger partial charge in [0.15, 0.2) is 0 Å². The van der Waals surface area contributed by atoms with Crippen LogP contribution in [-0.2, 0) is 23.8 Å². The van der Waals surface area contributed by atoms with Crippen molar-refractivity contribution in [1.82, 2.24) is 0 Å². The van der Waals surface area contributed by atoms with Crippen molar-refractivity contribution in [2.45, 2.75) is 122 Å². The third kappa shape index (κ3) is 6.07. The summed E-state index contributed by atoms with van der Waals surface area (Å²) in [6.45, 7) is 11.8. The van der Waals surface area contributed by atoms with Gasteiger partial charge in [0.1, 0.15) is 11.7 Å². The van der Waals surface area contributed by atoms with E-state index in [0.717, 1.165) is 44.9 Å². The summed E-state index contributed by atoms with van der Waals surface area (Å²) in [5.41, 5.74) is 0.134. The van der Waals surface area contributed by atoms with Crippen molar-refractivity contribution < 1.29 is 28.9 Å². The number of ether oxygens (including phenoxy) is 3. The van der Waals surface area contributed by atoms with Crippen LogP contribution in [0, 0.1) is 5.92 Å². The highest BCUT2D eigenvalue weighted by molar-refractivity contribution is 5.68. The minimum absolute atomic E-state index is 0.00352. The van der Waals surface area contributed by atoms with E-state index in [0.29, 0.717) is 0 Å². The third-order valence-corrected chi connectivity index (χ3v) is 6.75. The number of rotatable bonds is 11. The molecule has 172 valence electrons. The number of aliphatic carboxylic acids is 1. The predicted molar refractivity (Wildman–Crippen MR) is 115 cm³/mol. The van der Waals surface area contributed by atoms with Gasteiger partial charge in [-0.1, -0.05) is 31.9 Å². The zero-order chi connectivity index (χ0) is 22.5. The summed E-state index contributed by atoms with van der Waals surface area (Å²) in [4.78, 5) is 22.9. The number of esters is 1. The quantitative estimate of drug-likeness (QED) is 0.370. The molecule has 2 fully saturated rings. The standard InChI is InChI=1S/C24H40O6/c1-7-20-24(15-22(26)27)14-12-21(30-24)23(6,29-20)13-8-9-17(4)19(28-18(5)25)11-10-16(2)3/h10,17,19-21H,7-9,11-15H2,1-6H3,(H,26,27). The molecule has 0 aromatic rings. The molecule has 30 heavy (non-hydrogen) atoms. The second-order valence-electron chi connectivity index (χ2n) is 9.64. The molecule has 2 aliphatic heterocycles. The molecule has 0 radical (unpaired) electrons. The van der Waals surface area contributed by atoms with Crippen molar-refractivity contribution in [3.05, 3.63) is 11.6 Å². The van der Waals surface area contributed by atoms with Crippen molar-refractivity contribution in [3.63, 3.8) is 0 Å². The summed E-state index contributed by atoms with van der Waals surface area (Å²) in [5.74, 6) is -0.825. The lowest BCUT2D eigenvalue weighted by Gasteiger charge is -2.49. The average Bonchev–Trinajstić information content (AvgIpc) is 3.03. The molecule has 6 nitrogen and oxygen atoms in total. The van der Waals surface area contributed by atoms with Crippen LogP contribution in [0.3, 0.4) is 0 Å². The van der Waals surface area contributed by atoms with Gasteiger partial charge in [0.2, 0.25) is 0 Å². The summed E-state index contributed by atoms with van der Waals surface area (Å²) >= 11 is 0. The Balaban J connectivity index is 1.97. The van der Waals surface area contributed by atoms with Crippen LogP contribution in [0.1, 0.15) is 92.9 Å². The number of hydrogen-bond donors (Lipinski definition) is 1. The molecule has 1 N–H and O–H groups in total. The molecule has 0 saturated carbocycles. The first kappa shape index (κ1) is 24.9. The Bertz CT molecular complexity index is 640. The minimum atomic E-state index is -0.831. The van der Waals surface area contributed by atoms with Crippen molar-refractivity contribution in [3.8, 4) is 0 Å². The second-order valence-corrected chi connectivity index (χ2v) is 9.64. The zero-order valence-corrected chi connectivity index (χ0v) is 19.5. The lowest BCUT2D eigenvalue weighted by molar-refractivity contribution is -0.280. The number of allylic oxidation sites excluding steroid dienone is 1. The fraction of sp³-hybridized carbons (Fsp3) is 0.833. The number of fused-ring (bicyclic) bond motifs is 2. The number of carboxylic acids is 1. The topological polar surface area (TPSA) is 82.1 Å². The van der Waals surface area contributed by atoms with E-state index in [4.69, 9.17) is 14.2 Å². The van der Waals surface area contributed by atoms with Crippen LogP contribution in [0.4, 0.5) is 0 Å². The van der Waals surface area contributed by atoms with Crippen LogP contribution in [0.5, 0.6) is 0 Å². The van der Waals surface area contributed by atoms with Crippen LogP contribution < -0.4 is 0 Å². The van der Waals surface area contributed by atoms with Crippen LogP contribution in [0.25, 0.3) is 0 Å². The summed E-state index contributed by atoms with van der Waals surface area (Å²) in [6.07, 6.45) is 7.51. The van der Waals surface area contributed by atoms with E-state index in [2.05, 4.69) is 19.9 Å². The van der Waals surface area contributed by atoms with Gasteiger partial charge in [-0.25, -0.2) is 0 Å². The minimum Gasteiger partial charge on any atom is -0.481 e. The van der Waals surface area contributed by atoms with Gasteiger partial charge in [0.05, 0.1) is 24.2 Å². The Hall–Kier alpha value is -1.40. The molecule has 0 aromatic heterocycles. The molecule has 6 heteroatoms. The number of carbonyl (C=O) groups is 2. The number of carbonyl (C=O) groups excluding carboxylic acids is 1. The van der Waals surface area contributed by atoms with E-state index < -0.39 is 17.2 Å². The van der Waals surface area contributed by atoms with Gasteiger partial charge in [-0.05, 0) is 58.8 Å². The maximum Gasteiger partial charge on any atom is 0.306 e. The molecular formula is C24H40O6. The van der Waals surface area contributed by atoms with Crippen molar-refractivity contribution in [1.29, 1.82) is 0 Å². The Morgan fingerprint density at radius 2 is 1.97 bits per heavy atom. The summed E-state index contributed by atoms with van der Waals surface area (Å²) in [6, 6.07) is 0. The highest BCUT2D eigenvalue weighted by atomic mass is 16.6. The first-order valence-electron chi connectivity index (χ1n) is 11.4. The predicted octanol–water partition coefficient (Wildman–Crippen LogP) is 5.04. The second kappa shape index (κ2) is 10.3. The lowest BCUT2D eigenvalue weighted by atomic mass is 9.86. The smallest absolute Gasteiger partial charge is 0.306 e. The van der Waals surface area contributed by atoms with E-state index in [-0.39, 0.29) is 36.6 Å². The molecule has 2 aliphatic rings. The molecule has 2 heterocycles. The Labute approximate surface area is 181 Å². The van der Waals surface area contributed by atoms with Gasteiger partial charge in [-0.2, -0.15) is 0 Å². The van der Waals surface area contributed by atoms with E-state index in [1.54, 1.807) is 0 Å². The van der Waals surface area contributed by atoms with Crippen molar-refractivity contribution in [2.24, 2.45) is 5.92 Å². The van der Waals surface area contributed by atoms with E-state index in [1.807, 2.05) is 20.8 Å². The largest absolute Gasteiger partial charge is 0.481 e. The van der Waals surface area contributed by atoms with Crippen LogP contribution in [-0.4, -0.2) is 46.6 Å². The molecule has 2 saturated heterocycles. The molecule has 0 spiro atoms. The Morgan fingerprint density at radius 1 is 1.27 bits per heavy atom. The maximum absolute atomic E-state index is 11.5. The molecular weight excluding hydrogens is 384 g/mol. The fourth-order valence-electron chi connectivity index (χ4n) is 5.05. The normalized spacial score (nSPS) is 32.3. The SMILES string of the molecule is CCC1OC(C)(CCCC(C)C(CC=C(C)C)OC(C)=O)C2CCC1(CC(=O)O)O2. The van der Waals surface area contributed by atoms with E-state index in [1.165, 1.54) is 12.5 Å². The fourth-order valence-corrected chi connectivity index (χ4v) is 5.05. The van der Waals surface area contributed by atoms with E-state index in [9.17, 15) is 14.7 Å². The molecule has 6 atom stereocenters. The van der Waals surface area contributed by atoms with Gasteiger partial charge in [-0.3, -0.25) is 9.59 Å². The molecule has 2 rings (SSSR count). The van der Waals surface area contributed by atoms with Gasteiger partial charge in [0, 0.05) is 13.3 Å². The zero-order valence-electron chi connectivity index (χ0n) is 19.5. The molecule has 0 aromatic carbocycles. The van der Waals surface area contributed by atoms with Gasteiger partial charge >= 0.3 is 11.9 Å². The van der Waals surface area contributed by atoms with Gasteiger partial charge in [-0.15, -0.1) is 0 Å². The van der Waals surface area contributed by atoms with Crippen LogP contribution in [0.15, 0.2) is 11.6 Å². The summed E-state index contributed by atoms with van der Waals surface area (Å²) in [5, 5.41) is 9.34. The molecule has 0 aliphatic carbocycles. The van der Waals surface area contributed by atoms with Crippen LogP contribution in [0.2, 0.25) is 0 Å². The maximum atomic E-state index is 11.5. The highest BCUT2D eigenvalue weighted by Crippen LogP contribution is 2.50. The highest BCUT2D eigenvalue weighted by Gasteiger charge is 2.58. The number of carboxylic acid groups (broad SMARTS) is 1. The molecule has 0 amide bonds. The van der Waals surface area contributed by atoms with Crippen LogP contribution >= 0.6 is 0 Å². The summed E-state index contributed by atoms with van der Waals surface area (Å²) in [7, 11) is 0. The first-order chi connectivity index (χ1) is 14.0. The monoisotopic (exact) mass is 424 g/mol. The molecule has 6 unspecified atom stereocenters. The molecule has 2 bridgehead atoms. The lowest BCUT2D eigenvalue weighted by Crippen LogP contribution is -2.58. The van der Waals surface area contributed by atoms with Crippen molar-refractivity contribution in [2.75, 3.05) is 0 Å². The van der Waals surface area contributed by atoms with Gasteiger partial charge in [0.25, 0.3) is 0 Å².